The van der Waals surface area contributed by atoms with Gasteiger partial charge in [-0.1, -0.05) is 0 Å². The predicted octanol–water partition coefficient (Wildman–Crippen LogP) is 1.11. The van der Waals surface area contributed by atoms with Crippen molar-refractivity contribution in [1.29, 1.82) is 0 Å². The molecule has 0 aromatic carbocycles. The van der Waals surface area contributed by atoms with E-state index < -0.39 is 0 Å². The molecule has 3 rings (SSSR count). The van der Waals surface area contributed by atoms with Crippen molar-refractivity contribution in [2.45, 2.75) is 19.3 Å². The summed E-state index contributed by atoms with van der Waals surface area (Å²) >= 11 is 0. The van der Waals surface area contributed by atoms with Gasteiger partial charge in [0.15, 0.2) is 0 Å². The summed E-state index contributed by atoms with van der Waals surface area (Å²) in [6.45, 7) is 2.30. The van der Waals surface area contributed by atoms with Crippen molar-refractivity contribution < 1.29 is 9.53 Å². The number of anilines is 1. The van der Waals surface area contributed by atoms with Crippen LogP contribution in [-0.2, 0) is 16.0 Å². The first-order valence-corrected chi connectivity index (χ1v) is 5.63. The first-order valence-electron chi connectivity index (χ1n) is 5.63. The number of nitrogens with two attached hydrogens (primary N) is 1. The Morgan fingerprint density at radius 2 is 2.50 bits per heavy atom. The molecule has 84 valence electrons. The lowest BCUT2D eigenvalue weighted by Crippen LogP contribution is -2.11. The maximum atomic E-state index is 11.6. The zero-order valence-corrected chi connectivity index (χ0v) is 9.14. The third-order valence-corrected chi connectivity index (χ3v) is 3.59. The summed E-state index contributed by atoms with van der Waals surface area (Å²) in [6.07, 6.45) is 2.75. The highest BCUT2D eigenvalue weighted by Crippen LogP contribution is 2.61. The molecule has 0 radical (unpaired) electrons. The minimum Gasteiger partial charge on any atom is -0.466 e. The lowest BCUT2D eigenvalue weighted by molar-refractivity contribution is -0.145. The van der Waals surface area contributed by atoms with Crippen LogP contribution in [0.15, 0.2) is 12.3 Å². The van der Waals surface area contributed by atoms with E-state index in [4.69, 9.17) is 10.5 Å². The van der Waals surface area contributed by atoms with Crippen LogP contribution in [-0.4, -0.2) is 17.6 Å². The number of hydrogen-bond donors (Lipinski definition) is 1. The number of fused-ring (bicyclic) bond motifs is 3. The molecule has 16 heavy (non-hydrogen) atoms. The fourth-order valence-corrected chi connectivity index (χ4v) is 2.87. The number of pyridine rings is 1. The van der Waals surface area contributed by atoms with Gasteiger partial charge in [0.25, 0.3) is 0 Å². The van der Waals surface area contributed by atoms with Crippen molar-refractivity contribution in [3.63, 3.8) is 0 Å². The van der Waals surface area contributed by atoms with Gasteiger partial charge in [-0.3, -0.25) is 4.79 Å². The lowest BCUT2D eigenvalue weighted by Gasteiger charge is -2.07. The van der Waals surface area contributed by atoms with Gasteiger partial charge in [0.05, 0.1) is 12.5 Å². The second-order valence-electron chi connectivity index (χ2n) is 4.48. The number of carbonyl (C=O) groups excluding carboxylic acids is 1. The van der Waals surface area contributed by atoms with Gasteiger partial charge >= 0.3 is 5.97 Å². The Labute approximate surface area is 93.8 Å². The molecule has 1 aromatic heterocycles. The molecular formula is C12H14N2O2. The van der Waals surface area contributed by atoms with Gasteiger partial charge in [-0.2, -0.15) is 0 Å². The molecule has 1 fully saturated rings. The summed E-state index contributed by atoms with van der Waals surface area (Å²) in [7, 11) is 0. The molecule has 3 atom stereocenters. The van der Waals surface area contributed by atoms with E-state index in [1.807, 2.05) is 19.2 Å². The Kier molecular flexibility index (Phi) is 1.93. The molecule has 0 spiro atoms. The van der Waals surface area contributed by atoms with Crippen LogP contribution in [0.25, 0.3) is 0 Å². The average molecular weight is 218 g/mol. The number of nitrogen functional groups attached to an aromatic ring is 1. The Hall–Kier alpha value is -1.58. The van der Waals surface area contributed by atoms with Crippen molar-refractivity contribution in [3.05, 3.63) is 23.4 Å². The summed E-state index contributed by atoms with van der Waals surface area (Å²) in [5.41, 5.74) is 8.08. The molecule has 4 nitrogen and oxygen atoms in total. The van der Waals surface area contributed by atoms with Gasteiger partial charge < -0.3 is 10.5 Å². The zero-order chi connectivity index (χ0) is 11.3. The van der Waals surface area contributed by atoms with Crippen LogP contribution in [0.1, 0.15) is 24.0 Å². The lowest BCUT2D eigenvalue weighted by atomic mass is 10.0. The number of nitrogens with zero attached hydrogens (tertiary/aromatic N) is 1. The number of hydrogen-bond acceptors (Lipinski definition) is 4. The molecule has 1 heterocycles. The third-order valence-electron chi connectivity index (χ3n) is 3.59. The number of rotatable bonds is 2. The first-order chi connectivity index (χ1) is 7.72. The highest BCUT2D eigenvalue weighted by atomic mass is 16.5. The summed E-state index contributed by atoms with van der Waals surface area (Å²) in [5, 5.41) is 0. The molecule has 0 amide bonds. The predicted molar refractivity (Wildman–Crippen MR) is 58.7 cm³/mol. The van der Waals surface area contributed by atoms with Crippen molar-refractivity contribution in [3.8, 4) is 0 Å². The van der Waals surface area contributed by atoms with E-state index in [1.165, 1.54) is 11.1 Å². The number of carbonyl (C=O) groups is 1. The molecule has 0 aliphatic heterocycles. The zero-order valence-electron chi connectivity index (χ0n) is 9.14. The first kappa shape index (κ1) is 9.63. The maximum absolute atomic E-state index is 11.6. The monoisotopic (exact) mass is 218 g/mol. The number of aromatic nitrogens is 1. The normalized spacial score (nSPS) is 29.4. The van der Waals surface area contributed by atoms with Crippen molar-refractivity contribution in [2.75, 3.05) is 12.3 Å². The van der Waals surface area contributed by atoms with E-state index in [0.29, 0.717) is 24.3 Å². The van der Waals surface area contributed by atoms with E-state index in [9.17, 15) is 4.79 Å². The molecule has 1 unspecified atom stereocenters. The molecule has 2 aliphatic rings. The molecule has 1 saturated carbocycles. The summed E-state index contributed by atoms with van der Waals surface area (Å²) < 4.78 is 5.06. The Bertz CT molecular complexity index is 458. The minimum absolute atomic E-state index is 0.0556. The van der Waals surface area contributed by atoms with E-state index in [1.54, 1.807) is 0 Å². The van der Waals surface area contributed by atoms with Crippen LogP contribution < -0.4 is 5.73 Å². The van der Waals surface area contributed by atoms with Crippen molar-refractivity contribution >= 4 is 11.8 Å². The average Bonchev–Trinajstić information content (AvgIpc) is 2.82. The van der Waals surface area contributed by atoms with E-state index in [-0.39, 0.29) is 11.9 Å². The van der Waals surface area contributed by atoms with E-state index in [2.05, 4.69) is 4.98 Å². The van der Waals surface area contributed by atoms with Gasteiger partial charge in [0, 0.05) is 12.1 Å². The smallest absolute Gasteiger partial charge is 0.309 e. The van der Waals surface area contributed by atoms with Crippen molar-refractivity contribution in [1.82, 2.24) is 4.98 Å². The van der Waals surface area contributed by atoms with Crippen LogP contribution in [0.5, 0.6) is 0 Å². The van der Waals surface area contributed by atoms with Gasteiger partial charge in [-0.05, 0) is 36.5 Å². The highest BCUT2D eigenvalue weighted by molar-refractivity contribution is 5.79. The van der Waals surface area contributed by atoms with Crippen LogP contribution in [0.4, 0.5) is 5.82 Å². The Balaban J connectivity index is 1.82. The Morgan fingerprint density at radius 1 is 1.69 bits per heavy atom. The molecule has 2 N–H and O–H groups in total. The highest BCUT2D eigenvalue weighted by Gasteiger charge is 2.60. The summed E-state index contributed by atoms with van der Waals surface area (Å²) in [5.74, 6) is 1.34. The van der Waals surface area contributed by atoms with E-state index >= 15 is 0 Å². The number of esters is 1. The fraction of sp³-hybridized carbons (Fsp3) is 0.500. The van der Waals surface area contributed by atoms with Gasteiger partial charge in [0.1, 0.15) is 5.82 Å². The van der Waals surface area contributed by atoms with Gasteiger partial charge in [0.2, 0.25) is 0 Å². The Morgan fingerprint density at radius 3 is 3.25 bits per heavy atom. The molecular weight excluding hydrogens is 204 g/mol. The minimum atomic E-state index is -0.0556. The quantitative estimate of drug-likeness (QED) is 0.755. The molecule has 0 bridgehead atoms. The number of ether oxygens (including phenoxy) is 1. The molecule has 2 aliphatic carbocycles. The summed E-state index contributed by atoms with van der Waals surface area (Å²) in [6, 6.07) is 1.92. The summed E-state index contributed by atoms with van der Waals surface area (Å²) in [4.78, 5) is 15.7. The maximum Gasteiger partial charge on any atom is 0.309 e. The van der Waals surface area contributed by atoms with E-state index in [0.717, 1.165) is 6.42 Å². The van der Waals surface area contributed by atoms with Gasteiger partial charge in [-0.15, -0.1) is 0 Å². The van der Waals surface area contributed by atoms with Crippen LogP contribution in [0.3, 0.4) is 0 Å². The van der Waals surface area contributed by atoms with Crippen LogP contribution in [0, 0.1) is 11.8 Å². The van der Waals surface area contributed by atoms with Crippen LogP contribution in [0.2, 0.25) is 0 Å². The standard InChI is InChI=1S/C12H14N2O2/c1-2-16-12(15)11-7-3-6-4-9(13)14-5-8(6)10(7)11/h4-5,7,10-11H,2-3H2,1H3,(H2,13,14)/t7-,10-,11?/m1/s1. The fourth-order valence-electron chi connectivity index (χ4n) is 2.87. The third kappa shape index (κ3) is 1.22. The second kappa shape index (κ2) is 3.20. The van der Waals surface area contributed by atoms with Crippen LogP contribution >= 0.6 is 0 Å². The topological polar surface area (TPSA) is 65.2 Å². The second-order valence-corrected chi connectivity index (χ2v) is 4.48. The molecule has 4 heteroatoms. The SMILES string of the molecule is CCOC(=O)C1[C@H]2c3cnc(N)cc3C[C@@H]12. The molecule has 1 aromatic rings. The largest absolute Gasteiger partial charge is 0.466 e. The van der Waals surface area contributed by atoms with Crippen molar-refractivity contribution in [2.24, 2.45) is 11.8 Å². The van der Waals surface area contributed by atoms with Gasteiger partial charge in [-0.25, -0.2) is 4.98 Å². The molecule has 0 saturated heterocycles.